The van der Waals surface area contributed by atoms with E-state index in [9.17, 15) is 22.8 Å². The van der Waals surface area contributed by atoms with Crippen LogP contribution in [-0.4, -0.2) is 32.2 Å². The summed E-state index contributed by atoms with van der Waals surface area (Å²) in [5.41, 5.74) is -0.613. The number of alkyl halides is 3. The second-order valence-electron chi connectivity index (χ2n) is 6.19. The van der Waals surface area contributed by atoms with E-state index in [1.165, 1.54) is 19.2 Å². The average molecular weight is 358 g/mol. The molecule has 0 unspecified atom stereocenters. The summed E-state index contributed by atoms with van der Waals surface area (Å²) in [4.78, 5) is 22.8. The van der Waals surface area contributed by atoms with Gasteiger partial charge in [-0.25, -0.2) is 4.79 Å². The van der Waals surface area contributed by atoms with Crippen LogP contribution in [0.3, 0.4) is 0 Å². The van der Waals surface area contributed by atoms with E-state index in [1.54, 1.807) is 6.07 Å². The number of methoxy groups -OCH3 is 1. The van der Waals surface area contributed by atoms with E-state index < -0.39 is 29.2 Å². The second kappa shape index (κ2) is 7.76. The van der Waals surface area contributed by atoms with E-state index in [4.69, 9.17) is 0 Å². The number of carbonyl (C=O) groups is 2. The van der Waals surface area contributed by atoms with Gasteiger partial charge >= 0.3 is 12.3 Å². The molecule has 8 heteroatoms. The number of benzene rings is 1. The summed E-state index contributed by atoms with van der Waals surface area (Å²) in [5, 5.41) is 4.98. The highest BCUT2D eigenvalue weighted by molar-refractivity contribution is 5.82. The van der Waals surface area contributed by atoms with Crippen molar-refractivity contribution in [3.05, 3.63) is 35.4 Å². The summed E-state index contributed by atoms with van der Waals surface area (Å²) in [6.45, 7) is -0.0126. The van der Waals surface area contributed by atoms with Crippen LogP contribution < -0.4 is 10.6 Å². The Bertz CT molecular complexity index is 626. The maximum atomic E-state index is 13.0. The quantitative estimate of drug-likeness (QED) is 0.850. The van der Waals surface area contributed by atoms with Gasteiger partial charge in [0.25, 0.3) is 0 Å². The standard InChI is InChI=1S/C17H21F3N2O3/c1-25-15(24)21-10-14(23)22-11-16(7-2-3-8-16)12-5-4-6-13(9-12)17(18,19)20/h4-6,9H,2-3,7-8,10-11H2,1H3,(H,21,24)(H,22,23). The predicted octanol–water partition coefficient (Wildman–Crippen LogP) is 2.99. The number of halogens is 3. The highest BCUT2D eigenvalue weighted by Crippen LogP contribution is 2.42. The van der Waals surface area contributed by atoms with Crippen molar-refractivity contribution in [2.45, 2.75) is 37.3 Å². The summed E-state index contributed by atoms with van der Waals surface area (Å²) in [5.74, 6) is -0.413. The van der Waals surface area contributed by atoms with Crippen LogP contribution in [0, 0.1) is 0 Å². The maximum absolute atomic E-state index is 13.0. The Labute approximate surface area is 143 Å². The van der Waals surface area contributed by atoms with Crippen molar-refractivity contribution < 1.29 is 27.5 Å². The number of amides is 2. The molecule has 25 heavy (non-hydrogen) atoms. The molecule has 2 rings (SSSR count). The molecule has 0 bridgehead atoms. The first-order valence-electron chi connectivity index (χ1n) is 8.03. The number of hydrogen-bond donors (Lipinski definition) is 2. The Morgan fingerprint density at radius 2 is 1.88 bits per heavy atom. The summed E-state index contributed by atoms with van der Waals surface area (Å²) in [7, 11) is 1.19. The molecule has 1 aromatic rings. The number of ether oxygens (including phenoxy) is 1. The molecule has 0 spiro atoms. The minimum atomic E-state index is -4.40. The zero-order chi connectivity index (χ0) is 18.5. The largest absolute Gasteiger partial charge is 0.453 e. The molecule has 1 aliphatic carbocycles. The van der Waals surface area contributed by atoms with Crippen LogP contribution in [0.15, 0.2) is 24.3 Å². The molecule has 0 aromatic heterocycles. The van der Waals surface area contributed by atoms with Crippen molar-refractivity contribution in [1.29, 1.82) is 0 Å². The van der Waals surface area contributed by atoms with Crippen LogP contribution in [0.2, 0.25) is 0 Å². The van der Waals surface area contributed by atoms with Gasteiger partial charge in [-0.2, -0.15) is 13.2 Å². The van der Waals surface area contributed by atoms with Gasteiger partial charge in [-0.05, 0) is 24.5 Å². The monoisotopic (exact) mass is 358 g/mol. The van der Waals surface area contributed by atoms with E-state index in [1.807, 2.05) is 0 Å². The van der Waals surface area contributed by atoms with Gasteiger partial charge in [0.05, 0.1) is 19.2 Å². The van der Waals surface area contributed by atoms with Gasteiger partial charge in [-0.15, -0.1) is 0 Å². The Morgan fingerprint density at radius 3 is 2.48 bits per heavy atom. The third-order valence-corrected chi connectivity index (χ3v) is 4.57. The van der Waals surface area contributed by atoms with Crippen molar-refractivity contribution >= 4 is 12.0 Å². The average Bonchev–Trinajstić information content (AvgIpc) is 3.07. The molecule has 1 aliphatic rings. The van der Waals surface area contributed by atoms with Crippen LogP contribution >= 0.6 is 0 Å². The molecule has 138 valence electrons. The van der Waals surface area contributed by atoms with Crippen molar-refractivity contribution in [2.75, 3.05) is 20.2 Å². The highest BCUT2D eigenvalue weighted by Gasteiger charge is 2.38. The number of nitrogens with one attached hydrogen (secondary N) is 2. The third-order valence-electron chi connectivity index (χ3n) is 4.57. The molecular formula is C17H21F3N2O3. The molecule has 5 nitrogen and oxygen atoms in total. The predicted molar refractivity (Wildman–Crippen MR) is 85.0 cm³/mol. The fourth-order valence-electron chi connectivity index (χ4n) is 3.20. The molecule has 2 amide bonds. The lowest BCUT2D eigenvalue weighted by Gasteiger charge is -2.30. The zero-order valence-electron chi connectivity index (χ0n) is 13.9. The van der Waals surface area contributed by atoms with Gasteiger partial charge in [0, 0.05) is 12.0 Å². The third kappa shape index (κ3) is 4.87. The Morgan fingerprint density at radius 1 is 1.20 bits per heavy atom. The zero-order valence-corrected chi connectivity index (χ0v) is 13.9. The molecule has 0 aliphatic heterocycles. The minimum Gasteiger partial charge on any atom is -0.453 e. The molecule has 0 radical (unpaired) electrons. The van der Waals surface area contributed by atoms with E-state index in [0.29, 0.717) is 18.4 Å². The molecular weight excluding hydrogens is 337 g/mol. The van der Waals surface area contributed by atoms with Gasteiger partial charge in [0.15, 0.2) is 0 Å². The van der Waals surface area contributed by atoms with Crippen LogP contribution in [-0.2, 0) is 21.1 Å². The maximum Gasteiger partial charge on any atom is 0.416 e. The molecule has 0 saturated heterocycles. The van der Waals surface area contributed by atoms with Crippen LogP contribution in [0.1, 0.15) is 36.8 Å². The molecule has 1 fully saturated rings. The fourth-order valence-corrected chi connectivity index (χ4v) is 3.20. The normalized spacial score (nSPS) is 16.3. The van der Waals surface area contributed by atoms with Crippen molar-refractivity contribution in [3.63, 3.8) is 0 Å². The lowest BCUT2D eigenvalue weighted by Crippen LogP contribution is -2.43. The van der Waals surface area contributed by atoms with Crippen molar-refractivity contribution in [3.8, 4) is 0 Å². The number of alkyl carbamates (subject to hydrolysis) is 1. The second-order valence-corrected chi connectivity index (χ2v) is 6.19. The van der Waals surface area contributed by atoms with Crippen molar-refractivity contribution in [2.24, 2.45) is 0 Å². The summed E-state index contributed by atoms with van der Waals surface area (Å²) in [6, 6.07) is 5.30. The number of rotatable bonds is 5. The van der Waals surface area contributed by atoms with Crippen molar-refractivity contribution in [1.82, 2.24) is 10.6 Å². The van der Waals surface area contributed by atoms with Crippen LogP contribution in [0.25, 0.3) is 0 Å². The van der Waals surface area contributed by atoms with Gasteiger partial charge < -0.3 is 15.4 Å². The molecule has 1 saturated carbocycles. The first-order valence-corrected chi connectivity index (χ1v) is 8.03. The molecule has 1 aromatic carbocycles. The Hall–Kier alpha value is -2.25. The van der Waals surface area contributed by atoms with Crippen LogP contribution in [0.5, 0.6) is 0 Å². The first kappa shape index (κ1) is 19.1. The van der Waals surface area contributed by atoms with Crippen LogP contribution in [0.4, 0.5) is 18.0 Å². The number of hydrogen-bond acceptors (Lipinski definition) is 3. The summed E-state index contributed by atoms with van der Waals surface area (Å²) < 4.78 is 43.3. The van der Waals surface area contributed by atoms with Gasteiger partial charge in [-0.1, -0.05) is 31.0 Å². The molecule has 0 atom stereocenters. The summed E-state index contributed by atoms with van der Waals surface area (Å²) in [6.07, 6.45) is -1.91. The fraction of sp³-hybridized carbons (Fsp3) is 0.529. The Balaban J connectivity index is 2.09. The summed E-state index contributed by atoms with van der Waals surface area (Å²) >= 11 is 0. The topological polar surface area (TPSA) is 67.4 Å². The lowest BCUT2D eigenvalue weighted by molar-refractivity contribution is -0.137. The first-order chi connectivity index (χ1) is 11.8. The number of carbonyl (C=O) groups excluding carboxylic acids is 2. The van der Waals surface area contributed by atoms with Gasteiger partial charge in [0.2, 0.25) is 5.91 Å². The van der Waals surface area contributed by atoms with E-state index in [2.05, 4.69) is 15.4 Å². The minimum absolute atomic E-state index is 0.232. The SMILES string of the molecule is COC(=O)NCC(=O)NCC1(c2cccc(C(F)(F)F)c2)CCCC1. The van der Waals surface area contributed by atoms with E-state index in [0.717, 1.165) is 18.9 Å². The highest BCUT2D eigenvalue weighted by atomic mass is 19.4. The smallest absolute Gasteiger partial charge is 0.416 e. The lowest BCUT2D eigenvalue weighted by atomic mass is 9.78. The molecule has 2 N–H and O–H groups in total. The van der Waals surface area contributed by atoms with Gasteiger partial charge in [-0.3, -0.25) is 4.79 Å². The van der Waals surface area contributed by atoms with Gasteiger partial charge in [0.1, 0.15) is 0 Å². The van der Waals surface area contributed by atoms with E-state index >= 15 is 0 Å². The Kier molecular flexibility index (Phi) is 5.92. The molecule has 0 heterocycles. The van der Waals surface area contributed by atoms with E-state index in [-0.39, 0.29) is 13.1 Å².